The molecule has 0 unspecified atom stereocenters. The van der Waals surface area contributed by atoms with Gasteiger partial charge in [0.25, 0.3) is 0 Å². The van der Waals surface area contributed by atoms with Crippen LogP contribution in [0.15, 0.2) is 48.9 Å². The number of nitrogens with zero attached hydrogens (tertiary/aromatic N) is 2. The average Bonchev–Trinajstić information content (AvgIpc) is 3.22. The third kappa shape index (κ3) is 6.93. The molecule has 0 radical (unpaired) electrons. The number of allylic oxidation sites excluding steroid dienone is 2. The van der Waals surface area contributed by atoms with E-state index in [0.717, 1.165) is 5.46 Å². The van der Waals surface area contributed by atoms with Crippen molar-refractivity contribution < 1.29 is 45.1 Å². The van der Waals surface area contributed by atoms with Crippen LogP contribution in [-0.2, 0) is 9.31 Å². The highest BCUT2D eigenvalue weighted by Crippen LogP contribution is 2.55. The molecule has 3 aromatic rings. The minimum atomic E-state index is -1.06. The van der Waals surface area contributed by atoms with Gasteiger partial charge in [-0.3, -0.25) is 0 Å². The first kappa shape index (κ1) is 35.5. The second-order valence-electron chi connectivity index (χ2n) is 10.6. The van der Waals surface area contributed by atoms with Crippen LogP contribution in [0.3, 0.4) is 0 Å². The molecule has 1 aromatic heterocycles. The zero-order chi connectivity index (χ0) is 33.7. The van der Waals surface area contributed by atoms with E-state index in [9.17, 15) is 25.5 Å². The van der Waals surface area contributed by atoms with Gasteiger partial charge in [0.05, 0.1) is 28.2 Å². The molecule has 4 rings (SSSR count). The Labute approximate surface area is 257 Å². The van der Waals surface area contributed by atoms with E-state index >= 15 is 0 Å². The minimum Gasteiger partial charge on any atom is -0.509 e. The van der Waals surface area contributed by atoms with Crippen molar-refractivity contribution >= 4 is 24.7 Å². The van der Waals surface area contributed by atoms with Crippen LogP contribution in [0.25, 0.3) is 34.8 Å². The Morgan fingerprint density at radius 3 is 1.55 bits per heavy atom. The molecule has 11 nitrogen and oxygen atoms in total. The molecule has 0 bridgehead atoms. The zero-order valence-corrected chi connectivity index (χ0v) is 26.3. The first-order valence-corrected chi connectivity index (χ1v) is 13.8. The van der Waals surface area contributed by atoms with Crippen LogP contribution in [0.4, 0.5) is 0 Å². The number of aliphatic hydroxyl groups excluding tert-OH is 2. The summed E-state index contributed by atoms with van der Waals surface area (Å²) in [7, 11) is -0.552. The van der Waals surface area contributed by atoms with E-state index < -0.39 is 52.6 Å². The molecule has 1 aliphatic heterocycles. The first-order valence-electron chi connectivity index (χ1n) is 13.8. The maximum absolute atomic E-state index is 10.5. The highest BCUT2D eigenvalue weighted by Gasteiger charge is 2.51. The van der Waals surface area contributed by atoms with Crippen LogP contribution in [-0.4, -0.2) is 64.0 Å². The van der Waals surface area contributed by atoms with Gasteiger partial charge in [0, 0.05) is 11.1 Å². The monoisotopic (exact) mass is 608 g/mol. The largest absolute Gasteiger partial charge is 0.509 e. The Bertz CT molecular complexity index is 1500. The maximum atomic E-state index is 10.5. The molecule has 1 aliphatic rings. The summed E-state index contributed by atoms with van der Waals surface area (Å²) in [4.78, 5) is 9.00. The van der Waals surface area contributed by atoms with Crippen LogP contribution in [0.5, 0.6) is 28.7 Å². The maximum Gasteiger partial charge on any atom is 0.494 e. The molecule has 0 atom stereocenters. The van der Waals surface area contributed by atoms with Crippen molar-refractivity contribution in [3.63, 3.8) is 0 Å². The van der Waals surface area contributed by atoms with Gasteiger partial charge in [-0.05, 0) is 53.1 Å². The molecule has 236 valence electrons. The molecule has 0 aliphatic carbocycles. The highest BCUT2D eigenvalue weighted by molar-refractivity contribution is 6.62. The molecule has 7 N–H and O–H groups in total. The summed E-state index contributed by atoms with van der Waals surface area (Å²) in [5.41, 5.74) is 0.564. The number of phenolic OH excluding ortho intramolecular Hbond substituents is 5. The Morgan fingerprint density at radius 1 is 0.727 bits per heavy atom. The Balaban J connectivity index is 0.000000755. The minimum absolute atomic E-state index is 0.0185. The molecule has 12 heteroatoms. The van der Waals surface area contributed by atoms with E-state index in [1.807, 2.05) is 53.7 Å². The number of hydrogen-bond donors (Lipinski definition) is 7. The van der Waals surface area contributed by atoms with Crippen LogP contribution in [0.2, 0.25) is 0 Å². The van der Waals surface area contributed by atoms with E-state index in [2.05, 4.69) is 23.1 Å². The van der Waals surface area contributed by atoms with Crippen LogP contribution < -0.4 is 5.46 Å². The average molecular weight is 608 g/mol. The summed E-state index contributed by atoms with van der Waals surface area (Å²) in [6.45, 7) is 22.2. The third-order valence-corrected chi connectivity index (χ3v) is 7.20. The summed E-state index contributed by atoms with van der Waals surface area (Å²) in [6.07, 6.45) is 2.83. The number of rotatable bonds is 5. The molecule has 0 spiro atoms. The number of benzene rings is 2. The summed E-state index contributed by atoms with van der Waals surface area (Å²) < 4.78 is 12.2. The molecular weight excluding hydrogens is 567 g/mol. The molecule has 1 saturated heterocycles. The van der Waals surface area contributed by atoms with Crippen LogP contribution >= 0.6 is 0 Å². The predicted octanol–water partition coefficient (Wildman–Crippen LogP) is 6.30. The number of aliphatic hydroxyl groups is 2. The van der Waals surface area contributed by atoms with Crippen molar-refractivity contribution in [2.75, 3.05) is 0 Å². The quantitative estimate of drug-likeness (QED) is 0.0745. The fraction of sp³-hybridized carbons (Fsp3) is 0.312. The highest BCUT2D eigenvalue weighted by atomic mass is 16.7. The molecule has 2 heterocycles. The van der Waals surface area contributed by atoms with Crippen molar-refractivity contribution in [2.24, 2.45) is 0 Å². The summed E-state index contributed by atoms with van der Waals surface area (Å²) in [6, 6.07) is 7.18. The number of hydrogen-bond acceptors (Lipinski definition) is 11. The van der Waals surface area contributed by atoms with Gasteiger partial charge in [-0.25, -0.2) is 9.97 Å². The summed E-state index contributed by atoms with van der Waals surface area (Å²) in [5, 5.41) is 67.4. The topological polar surface area (TPSA) is 186 Å². The third-order valence-electron chi connectivity index (χ3n) is 7.20. The molecule has 0 amide bonds. The van der Waals surface area contributed by atoms with Crippen molar-refractivity contribution in [3.8, 4) is 51.4 Å². The van der Waals surface area contributed by atoms with Gasteiger partial charge in [0.2, 0.25) is 17.2 Å². The Hall–Kier alpha value is -4.68. The van der Waals surface area contributed by atoms with E-state index in [0.29, 0.717) is 11.3 Å². The second kappa shape index (κ2) is 13.7. The van der Waals surface area contributed by atoms with Crippen molar-refractivity contribution in [3.05, 3.63) is 60.2 Å². The summed E-state index contributed by atoms with van der Waals surface area (Å²) >= 11 is 0. The standard InChI is InChI=1S/C26H27BN2O7.C4H8O2.C2H6/c1-7-15-16(8-2)28-24(29-18(15)17-19(30)21(32)23(34)22(33)20(17)31)13-9-11-14(12-10-13)27-35-25(3,4)26(5,6)36-27;1-3(5)4(2)6;1-2/h7-12,30-34H,1-2H2,3-6H3;5-6H,1-2H3;1-2H3/b;4-3-;. The van der Waals surface area contributed by atoms with E-state index in [1.54, 1.807) is 12.1 Å². The Morgan fingerprint density at radius 2 is 1.16 bits per heavy atom. The first-order chi connectivity index (χ1) is 20.5. The van der Waals surface area contributed by atoms with Gasteiger partial charge in [0.1, 0.15) is 11.5 Å². The SMILES string of the molecule is C/C(O)=C(\C)O.C=Cc1nc(-c2ccc(B3OC(C)(C)C(C)(C)O3)cc2)nc(-c2c(O)c(O)c(O)c(O)c2O)c1C=C.CC. The molecular formula is C32H41BN2O9. The van der Waals surface area contributed by atoms with Gasteiger partial charge >= 0.3 is 7.12 Å². The van der Waals surface area contributed by atoms with Crippen molar-refractivity contribution in [1.82, 2.24) is 9.97 Å². The van der Waals surface area contributed by atoms with Gasteiger partial charge in [0.15, 0.2) is 17.3 Å². The lowest BCUT2D eigenvalue weighted by Crippen LogP contribution is -2.41. The van der Waals surface area contributed by atoms with Gasteiger partial charge in [-0.1, -0.05) is 57.3 Å². The molecule has 1 fully saturated rings. The van der Waals surface area contributed by atoms with E-state index in [-0.39, 0.29) is 28.6 Å². The normalized spacial score (nSPS) is 15.2. The van der Waals surface area contributed by atoms with Crippen LogP contribution in [0.1, 0.15) is 66.6 Å². The smallest absolute Gasteiger partial charge is 0.494 e. The number of aromatic nitrogens is 2. The number of phenols is 5. The fourth-order valence-corrected chi connectivity index (χ4v) is 3.84. The van der Waals surface area contributed by atoms with Gasteiger partial charge in [-0.15, -0.1) is 0 Å². The lowest BCUT2D eigenvalue weighted by atomic mass is 9.79. The Kier molecular flexibility index (Phi) is 11.1. The lowest BCUT2D eigenvalue weighted by molar-refractivity contribution is 0.00578. The van der Waals surface area contributed by atoms with E-state index in [4.69, 9.17) is 19.5 Å². The van der Waals surface area contributed by atoms with Crippen molar-refractivity contribution in [2.45, 2.75) is 66.6 Å². The molecule has 0 saturated carbocycles. The number of aromatic hydroxyl groups is 5. The fourth-order valence-electron chi connectivity index (χ4n) is 3.84. The van der Waals surface area contributed by atoms with Gasteiger partial charge in [-0.2, -0.15) is 0 Å². The molecule has 44 heavy (non-hydrogen) atoms. The zero-order valence-electron chi connectivity index (χ0n) is 26.3. The van der Waals surface area contributed by atoms with Crippen molar-refractivity contribution in [1.29, 1.82) is 0 Å². The van der Waals surface area contributed by atoms with E-state index in [1.165, 1.54) is 26.0 Å². The lowest BCUT2D eigenvalue weighted by Gasteiger charge is -2.32. The predicted molar refractivity (Wildman–Crippen MR) is 172 cm³/mol. The van der Waals surface area contributed by atoms with Crippen LogP contribution in [0, 0.1) is 0 Å². The molecule has 2 aromatic carbocycles. The van der Waals surface area contributed by atoms with Gasteiger partial charge < -0.3 is 45.1 Å². The second-order valence-corrected chi connectivity index (χ2v) is 10.6. The summed E-state index contributed by atoms with van der Waals surface area (Å²) in [5.74, 6) is -4.67.